The normalized spacial score (nSPS) is 21.1. The minimum Gasteiger partial charge on any atom is -0.323 e. The highest BCUT2D eigenvalue weighted by Crippen LogP contribution is 2.27. The first-order valence-electron chi connectivity index (χ1n) is 6.75. The second-order valence-corrected chi connectivity index (χ2v) is 5.52. The molecule has 2 heteroatoms. The molecule has 0 heterocycles. The molecule has 0 aromatic heterocycles. The van der Waals surface area contributed by atoms with Gasteiger partial charge in [-0.1, -0.05) is 49.6 Å². The maximum Gasteiger partial charge on any atom is 0.0421 e. The second kappa shape index (κ2) is 5.65. The Kier molecular flexibility index (Phi) is 4.19. The first kappa shape index (κ1) is 12.6. The van der Waals surface area contributed by atoms with Gasteiger partial charge in [-0.3, -0.25) is 0 Å². The van der Waals surface area contributed by atoms with Gasteiger partial charge in [0.25, 0.3) is 0 Å². The molecule has 0 spiro atoms. The van der Waals surface area contributed by atoms with E-state index in [2.05, 4.69) is 36.5 Å². The van der Waals surface area contributed by atoms with Crippen LogP contribution in [0.5, 0.6) is 0 Å². The summed E-state index contributed by atoms with van der Waals surface area (Å²) in [5.41, 5.74) is 7.74. The molecule has 0 saturated heterocycles. The van der Waals surface area contributed by atoms with Crippen LogP contribution in [0.3, 0.4) is 0 Å². The molecule has 1 aromatic carbocycles. The molecule has 1 atom stereocenters. The van der Waals surface area contributed by atoms with Crippen molar-refractivity contribution in [1.29, 1.82) is 0 Å². The van der Waals surface area contributed by atoms with Crippen molar-refractivity contribution in [1.82, 2.24) is 5.32 Å². The van der Waals surface area contributed by atoms with Crippen LogP contribution in [0.25, 0.3) is 0 Å². The van der Waals surface area contributed by atoms with Crippen molar-refractivity contribution in [2.24, 2.45) is 5.73 Å². The van der Waals surface area contributed by atoms with Gasteiger partial charge in [0.15, 0.2) is 0 Å². The topological polar surface area (TPSA) is 38.0 Å². The van der Waals surface area contributed by atoms with E-state index in [1.165, 1.54) is 37.7 Å². The highest BCUT2D eigenvalue weighted by molar-refractivity contribution is 5.18. The van der Waals surface area contributed by atoms with Crippen molar-refractivity contribution in [3.63, 3.8) is 0 Å². The van der Waals surface area contributed by atoms with Crippen molar-refractivity contribution in [2.45, 2.75) is 50.6 Å². The van der Waals surface area contributed by atoms with Crippen LogP contribution in [0.15, 0.2) is 30.3 Å². The molecule has 94 valence electrons. The molecule has 1 aromatic rings. The Hall–Kier alpha value is -0.860. The lowest BCUT2D eigenvalue weighted by Gasteiger charge is -2.35. The lowest BCUT2D eigenvalue weighted by atomic mass is 9.83. The third kappa shape index (κ3) is 3.55. The number of hydrogen-bond donors (Lipinski definition) is 2. The summed E-state index contributed by atoms with van der Waals surface area (Å²) in [5, 5.41) is 3.67. The van der Waals surface area contributed by atoms with Gasteiger partial charge in [-0.05, 0) is 25.3 Å². The smallest absolute Gasteiger partial charge is 0.0421 e. The minimum absolute atomic E-state index is 0.106. The van der Waals surface area contributed by atoms with Crippen molar-refractivity contribution in [2.75, 3.05) is 6.54 Å². The van der Waals surface area contributed by atoms with E-state index in [9.17, 15) is 0 Å². The summed E-state index contributed by atoms with van der Waals surface area (Å²) in [4.78, 5) is 0. The van der Waals surface area contributed by atoms with E-state index in [-0.39, 0.29) is 6.04 Å². The Morgan fingerprint density at radius 3 is 2.47 bits per heavy atom. The lowest BCUT2D eigenvalue weighted by molar-refractivity contribution is 0.250. The van der Waals surface area contributed by atoms with Crippen molar-refractivity contribution in [3.8, 4) is 0 Å². The summed E-state index contributed by atoms with van der Waals surface area (Å²) in [6.07, 6.45) is 6.67. The Balaban J connectivity index is 1.85. The molecule has 3 N–H and O–H groups in total. The minimum atomic E-state index is 0.106. The fourth-order valence-electron chi connectivity index (χ4n) is 2.68. The molecule has 2 nitrogen and oxygen atoms in total. The zero-order valence-corrected chi connectivity index (χ0v) is 10.8. The summed E-state index contributed by atoms with van der Waals surface area (Å²) in [6.45, 7) is 3.21. The van der Waals surface area contributed by atoms with E-state index in [1.54, 1.807) is 0 Å². The number of nitrogens with one attached hydrogen (secondary N) is 1. The molecule has 17 heavy (non-hydrogen) atoms. The third-order valence-corrected chi connectivity index (χ3v) is 3.93. The summed E-state index contributed by atoms with van der Waals surface area (Å²) in [6, 6.07) is 10.5. The fraction of sp³-hybridized carbons (Fsp3) is 0.600. The van der Waals surface area contributed by atoms with Gasteiger partial charge in [0.05, 0.1) is 0 Å². The average molecular weight is 232 g/mol. The number of hydrogen-bond acceptors (Lipinski definition) is 2. The van der Waals surface area contributed by atoms with Crippen LogP contribution in [-0.2, 0) is 0 Å². The van der Waals surface area contributed by atoms with Crippen molar-refractivity contribution >= 4 is 0 Å². The molecule has 1 fully saturated rings. The van der Waals surface area contributed by atoms with Gasteiger partial charge in [-0.2, -0.15) is 0 Å². The van der Waals surface area contributed by atoms with E-state index in [0.717, 1.165) is 6.54 Å². The van der Waals surface area contributed by atoms with E-state index < -0.39 is 0 Å². The average Bonchev–Trinajstić information content (AvgIpc) is 2.38. The van der Waals surface area contributed by atoms with Crippen molar-refractivity contribution < 1.29 is 0 Å². The van der Waals surface area contributed by atoms with Gasteiger partial charge in [-0.25, -0.2) is 0 Å². The van der Waals surface area contributed by atoms with E-state index >= 15 is 0 Å². The summed E-state index contributed by atoms with van der Waals surface area (Å²) < 4.78 is 0. The summed E-state index contributed by atoms with van der Waals surface area (Å²) in [5.74, 6) is 0. The zero-order valence-electron chi connectivity index (χ0n) is 10.8. The quantitative estimate of drug-likeness (QED) is 0.837. The molecule has 1 aliphatic carbocycles. The van der Waals surface area contributed by atoms with Crippen LogP contribution in [0.2, 0.25) is 0 Å². The number of nitrogens with two attached hydrogens (primary N) is 1. The molecule has 1 unspecified atom stereocenters. The van der Waals surface area contributed by atoms with Crippen LogP contribution >= 0.6 is 0 Å². The van der Waals surface area contributed by atoms with Crippen LogP contribution in [-0.4, -0.2) is 12.1 Å². The molecule has 1 saturated carbocycles. The maximum absolute atomic E-state index is 6.21. The zero-order chi connectivity index (χ0) is 12.1. The highest BCUT2D eigenvalue weighted by atomic mass is 15.0. The molecular weight excluding hydrogens is 208 g/mol. The first-order chi connectivity index (χ1) is 8.20. The van der Waals surface area contributed by atoms with E-state index in [4.69, 9.17) is 5.73 Å². The molecule has 0 bridgehead atoms. The van der Waals surface area contributed by atoms with Gasteiger partial charge in [-0.15, -0.1) is 0 Å². The highest BCUT2D eigenvalue weighted by Gasteiger charge is 2.26. The summed E-state index contributed by atoms with van der Waals surface area (Å²) in [7, 11) is 0. The van der Waals surface area contributed by atoms with Gasteiger partial charge >= 0.3 is 0 Å². The third-order valence-electron chi connectivity index (χ3n) is 3.93. The molecule has 0 amide bonds. The summed E-state index contributed by atoms with van der Waals surface area (Å²) >= 11 is 0. The predicted octanol–water partition coefficient (Wildman–Crippen LogP) is 3.00. The van der Waals surface area contributed by atoms with Gasteiger partial charge in [0, 0.05) is 18.1 Å². The first-order valence-corrected chi connectivity index (χ1v) is 6.75. The largest absolute Gasteiger partial charge is 0.323 e. The molecule has 0 radical (unpaired) electrons. The SMILES string of the molecule is CC1(NCC(N)c2ccccc2)CCCCC1. The fourth-order valence-corrected chi connectivity index (χ4v) is 2.68. The van der Waals surface area contributed by atoms with E-state index in [0.29, 0.717) is 5.54 Å². The predicted molar refractivity (Wildman–Crippen MR) is 72.9 cm³/mol. The lowest BCUT2D eigenvalue weighted by Crippen LogP contribution is -2.46. The molecule has 1 aliphatic rings. The Morgan fingerprint density at radius 1 is 1.18 bits per heavy atom. The number of benzene rings is 1. The van der Waals surface area contributed by atoms with Crippen LogP contribution in [0, 0.1) is 0 Å². The molecule has 2 rings (SSSR count). The van der Waals surface area contributed by atoms with Gasteiger partial charge in [0.2, 0.25) is 0 Å². The van der Waals surface area contributed by atoms with Crippen LogP contribution < -0.4 is 11.1 Å². The monoisotopic (exact) mass is 232 g/mol. The molecule has 0 aliphatic heterocycles. The standard InChI is InChI=1S/C15H24N2/c1-15(10-6-3-7-11-15)17-12-14(16)13-8-4-2-5-9-13/h2,4-5,8-9,14,17H,3,6-7,10-12,16H2,1H3. The Bertz CT molecular complexity index is 328. The van der Waals surface area contributed by atoms with Crippen molar-refractivity contribution in [3.05, 3.63) is 35.9 Å². The van der Waals surface area contributed by atoms with Crippen LogP contribution in [0.1, 0.15) is 50.6 Å². The van der Waals surface area contributed by atoms with Gasteiger partial charge < -0.3 is 11.1 Å². The maximum atomic E-state index is 6.21. The van der Waals surface area contributed by atoms with E-state index in [1.807, 2.05) is 6.07 Å². The number of rotatable bonds is 4. The Morgan fingerprint density at radius 2 is 1.82 bits per heavy atom. The Labute approximate surface area is 105 Å². The van der Waals surface area contributed by atoms with Gasteiger partial charge in [0.1, 0.15) is 0 Å². The second-order valence-electron chi connectivity index (χ2n) is 5.52. The molecular formula is C15H24N2. The van der Waals surface area contributed by atoms with Crippen LogP contribution in [0.4, 0.5) is 0 Å².